The van der Waals surface area contributed by atoms with Crippen molar-refractivity contribution in [2.75, 3.05) is 0 Å². The molecule has 0 saturated carbocycles. The van der Waals surface area contributed by atoms with E-state index in [1.807, 2.05) is 12.1 Å². The van der Waals surface area contributed by atoms with Crippen molar-refractivity contribution in [1.82, 2.24) is 0 Å². The highest BCUT2D eigenvalue weighted by atomic mass is 14.0. The summed E-state index contributed by atoms with van der Waals surface area (Å²) < 4.78 is 0. The van der Waals surface area contributed by atoms with E-state index in [2.05, 4.69) is 31.7 Å². The SMILES string of the molecule is C=Cc1ccccc1CC. The zero-order valence-electron chi connectivity index (χ0n) is 6.30. The smallest absolute Gasteiger partial charge is 0.0231 e. The van der Waals surface area contributed by atoms with Gasteiger partial charge in [-0.3, -0.25) is 0 Å². The van der Waals surface area contributed by atoms with Crippen LogP contribution in [0.2, 0.25) is 0 Å². The van der Waals surface area contributed by atoms with Gasteiger partial charge in [-0.15, -0.1) is 0 Å². The molecule has 0 nitrogen and oxygen atoms in total. The molecule has 0 heteroatoms. The molecule has 0 heterocycles. The van der Waals surface area contributed by atoms with Gasteiger partial charge in [0, 0.05) is 0 Å². The lowest BCUT2D eigenvalue weighted by Gasteiger charge is -1.99. The van der Waals surface area contributed by atoms with Crippen molar-refractivity contribution < 1.29 is 0 Å². The second-order valence-corrected chi connectivity index (χ2v) is 2.26. The zero-order chi connectivity index (χ0) is 7.40. The van der Waals surface area contributed by atoms with Crippen LogP contribution in [0.25, 0.3) is 6.08 Å². The summed E-state index contributed by atoms with van der Waals surface area (Å²) in [5, 5.41) is 0. The first-order chi connectivity index (χ1) is 4.88. The summed E-state index contributed by atoms with van der Waals surface area (Å²) in [5.74, 6) is 0. The van der Waals surface area contributed by atoms with Crippen LogP contribution in [0.3, 0.4) is 0 Å². The topological polar surface area (TPSA) is 0 Å². The van der Waals surface area contributed by atoms with Crippen LogP contribution in [0.4, 0.5) is 0 Å². The van der Waals surface area contributed by atoms with Gasteiger partial charge < -0.3 is 0 Å². The van der Waals surface area contributed by atoms with Gasteiger partial charge in [0.2, 0.25) is 0 Å². The van der Waals surface area contributed by atoms with Crippen molar-refractivity contribution in [3.05, 3.63) is 42.0 Å². The third kappa shape index (κ3) is 1.27. The van der Waals surface area contributed by atoms with E-state index in [9.17, 15) is 0 Å². The molecule has 1 aromatic carbocycles. The Kier molecular flexibility index (Phi) is 2.27. The van der Waals surface area contributed by atoms with Crippen LogP contribution in [0, 0.1) is 0 Å². The van der Waals surface area contributed by atoms with E-state index < -0.39 is 0 Å². The van der Waals surface area contributed by atoms with Crippen LogP contribution in [0.15, 0.2) is 30.8 Å². The first kappa shape index (κ1) is 7.07. The van der Waals surface area contributed by atoms with E-state index in [0.717, 1.165) is 6.42 Å². The molecule has 0 aliphatic heterocycles. The van der Waals surface area contributed by atoms with Crippen molar-refractivity contribution >= 4 is 6.08 Å². The highest BCUT2D eigenvalue weighted by Crippen LogP contribution is 2.09. The molecule has 0 amide bonds. The molecule has 1 rings (SSSR count). The Bertz CT molecular complexity index is 223. The van der Waals surface area contributed by atoms with Gasteiger partial charge in [-0.25, -0.2) is 0 Å². The van der Waals surface area contributed by atoms with Crippen molar-refractivity contribution in [2.45, 2.75) is 13.3 Å². The fourth-order valence-electron chi connectivity index (χ4n) is 1.06. The minimum absolute atomic E-state index is 1.09. The van der Waals surface area contributed by atoms with E-state index in [1.54, 1.807) is 0 Å². The first-order valence-corrected chi connectivity index (χ1v) is 3.58. The lowest BCUT2D eigenvalue weighted by Crippen LogP contribution is -1.83. The van der Waals surface area contributed by atoms with Gasteiger partial charge in [-0.2, -0.15) is 0 Å². The molecule has 0 fully saturated rings. The van der Waals surface area contributed by atoms with Crippen molar-refractivity contribution in [3.63, 3.8) is 0 Å². The molecule has 0 aromatic heterocycles. The number of aryl methyl sites for hydroxylation is 1. The summed E-state index contributed by atoms with van der Waals surface area (Å²) in [6.07, 6.45) is 2.99. The van der Waals surface area contributed by atoms with E-state index >= 15 is 0 Å². The van der Waals surface area contributed by atoms with Crippen LogP contribution in [-0.2, 0) is 6.42 Å². The van der Waals surface area contributed by atoms with Gasteiger partial charge in [-0.05, 0) is 17.5 Å². The Labute approximate surface area is 62.2 Å². The molecule has 52 valence electrons. The Hall–Kier alpha value is -1.04. The van der Waals surface area contributed by atoms with Gasteiger partial charge >= 0.3 is 0 Å². The van der Waals surface area contributed by atoms with E-state index in [1.165, 1.54) is 11.1 Å². The van der Waals surface area contributed by atoms with E-state index in [0.29, 0.717) is 0 Å². The predicted octanol–water partition coefficient (Wildman–Crippen LogP) is 2.89. The molecule has 0 unspecified atom stereocenters. The molecule has 0 saturated heterocycles. The fraction of sp³-hybridized carbons (Fsp3) is 0.200. The number of benzene rings is 1. The van der Waals surface area contributed by atoms with Crippen molar-refractivity contribution in [2.24, 2.45) is 0 Å². The van der Waals surface area contributed by atoms with Crippen molar-refractivity contribution in [1.29, 1.82) is 0 Å². The standard InChI is InChI=1S/C10H12/c1-3-9-7-5-6-8-10(9)4-2/h3,5-8H,1,4H2,2H3. The second kappa shape index (κ2) is 3.21. The monoisotopic (exact) mass is 132 g/mol. The molecule has 0 aliphatic carbocycles. The van der Waals surface area contributed by atoms with E-state index in [-0.39, 0.29) is 0 Å². The van der Waals surface area contributed by atoms with Gasteiger partial charge in [0.1, 0.15) is 0 Å². The molecule has 10 heavy (non-hydrogen) atoms. The number of hydrogen-bond donors (Lipinski definition) is 0. The minimum atomic E-state index is 1.09. The zero-order valence-corrected chi connectivity index (χ0v) is 6.30. The molecule has 0 radical (unpaired) electrons. The Morgan fingerprint density at radius 3 is 2.60 bits per heavy atom. The van der Waals surface area contributed by atoms with Gasteiger partial charge in [-0.1, -0.05) is 43.8 Å². The third-order valence-corrected chi connectivity index (χ3v) is 1.66. The lowest BCUT2D eigenvalue weighted by atomic mass is 10.1. The maximum Gasteiger partial charge on any atom is -0.0231 e. The van der Waals surface area contributed by atoms with Gasteiger partial charge in [0.25, 0.3) is 0 Å². The van der Waals surface area contributed by atoms with Crippen LogP contribution in [-0.4, -0.2) is 0 Å². The quantitative estimate of drug-likeness (QED) is 0.580. The summed E-state index contributed by atoms with van der Waals surface area (Å²) in [7, 11) is 0. The largest absolute Gasteiger partial charge is 0.0985 e. The molecule has 0 spiro atoms. The van der Waals surface area contributed by atoms with Gasteiger partial charge in [0.15, 0.2) is 0 Å². The predicted molar refractivity (Wildman–Crippen MR) is 45.9 cm³/mol. The third-order valence-electron chi connectivity index (χ3n) is 1.66. The Balaban J connectivity index is 3.08. The molecule has 0 N–H and O–H groups in total. The molecule has 1 aromatic rings. The Morgan fingerprint density at radius 1 is 1.40 bits per heavy atom. The van der Waals surface area contributed by atoms with Crippen LogP contribution in [0.1, 0.15) is 18.1 Å². The van der Waals surface area contributed by atoms with E-state index in [4.69, 9.17) is 0 Å². The average Bonchev–Trinajstić information content (AvgIpc) is 2.04. The first-order valence-electron chi connectivity index (χ1n) is 3.58. The molecule has 0 atom stereocenters. The van der Waals surface area contributed by atoms with Crippen LogP contribution >= 0.6 is 0 Å². The second-order valence-electron chi connectivity index (χ2n) is 2.26. The van der Waals surface area contributed by atoms with Gasteiger partial charge in [0.05, 0.1) is 0 Å². The molecule has 0 aliphatic rings. The average molecular weight is 132 g/mol. The maximum atomic E-state index is 3.74. The van der Waals surface area contributed by atoms with Crippen molar-refractivity contribution in [3.8, 4) is 0 Å². The summed E-state index contributed by atoms with van der Waals surface area (Å²) in [6.45, 7) is 5.89. The minimum Gasteiger partial charge on any atom is -0.0985 e. The normalized spacial score (nSPS) is 9.30. The fourth-order valence-corrected chi connectivity index (χ4v) is 1.06. The van der Waals surface area contributed by atoms with Crippen LogP contribution in [0.5, 0.6) is 0 Å². The number of hydrogen-bond acceptors (Lipinski definition) is 0. The number of rotatable bonds is 2. The van der Waals surface area contributed by atoms with Crippen LogP contribution < -0.4 is 0 Å². The molecular weight excluding hydrogens is 120 g/mol. The summed E-state index contributed by atoms with van der Waals surface area (Å²) in [6, 6.07) is 8.32. The molecular formula is C10H12. The highest BCUT2D eigenvalue weighted by molar-refractivity contribution is 5.51. The highest BCUT2D eigenvalue weighted by Gasteiger charge is 1.91. The summed E-state index contributed by atoms with van der Waals surface area (Å²) in [4.78, 5) is 0. The lowest BCUT2D eigenvalue weighted by molar-refractivity contribution is 1.13. The molecule has 0 bridgehead atoms. The maximum absolute atomic E-state index is 3.74. The summed E-state index contributed by atoms with van der Waals surface area (Å²) >= 11 is 0. The summed E-state index contributed by atoms with van der Waals surface area (Å²) in [5.41, 5.74) is 2.63. The Morgan fingerprint density at radius 2 is 2.10 bits per heavy atom.